The molecule has 4 aromatic rings. The molecule has 2 N–H and O–H groups in total. The van der Waals surface area contributed by atoms with Crippen LogP contribution in [0.25, 0.3) is 21.6 Å². The second kappa shape index (κ2) is 11.7. The summed E-state index contributed by atoms with van der Waals surface area (Å²) < 4.78 is 27.8. The molecule has 208 valence electrons. The smallest absolute Gasteiger partial charge is 0.243 e. The van der Waals surface area contributed by atoms with Crippen molar-refractivity contribution in [2.45, 2.75) is 42.9 Å². The number of rotatable bonds is 8. The lowest BCUT2D eigenvalue weighted by atomic mass is 9.87. The normalized spacial score (nSPS) is 17.7. The number of amides is 1. The summed E-state index contributed by atoms with van der Waals surface area (Å²) in [6.45, 7) is 2.20. The molecule has 1 aromatic carbocycles. The second-order valence-corrected chi connectivity index (χ2v) is 13.3. The van der Waals surface area contributed by atoms with Crippen LogP contribution in [0.15, 0.2) is 65.8 Å². The van der Waals surface area contributed by atoms with E-state index in [1.54, 1.807) is 36.7 Å². The van der Waals surface area contributed by atoms with Crippen molar-refractivity contribution in [3.8, 4) is 11.3 Å². The number of thiazole rings is 1. The van der Waals surface area contributed by atoms with E-state index in [1.165, 1.54) is 28.5 Å². The van der Waals surface area contributed by atoms with E-state index < -0.39 is 15.9 Å². The highest BCUT2D eigenvalue weighted by molar-refractivity contribution is 7.89. The molecule has 0 radical (unpaired) electrons. The maximum absolute atomic E-state index is 13.7. The fraction of sp³-hybridized carbons (Fsp3) is 0.379. The third-order valence-corrected chi connectivity index (χ3v) is 10.6. The molecular weight excluding hydrogens is 544 g/mol. The number of hydrogen-bond acceptors (Lipinski definition) is 8. The quantitative estimate of drug-likeness (QED) is 0.314. The number of aromatic nitrogens is 3. The lowest BCUT2D eigenvalue weighted by molar-refractivity contribution is -0.118. The summed E-state index contributed by atoms with van der Waals surface area (Å²) in [5.74, 6) is -0.0554. The van der Waals surface area contributed by atoms with Gasteiger partial charge in [0, 0.05) is 44.1 Å². The number of nitrogens with one attached hydrogen (secondary N) is 2. The minimum Gasteiger partial charge on any atom is -0.314 e. The van der Waals surface area contributed by atoms with Gasteiger partial charge in [-0.05, 0) is 54.3 Å². The van der Waals surface area contributed by atoms with Gasteiger partial charge < -0.3 is 10.6 Å². The van der Waals surface area contributed by atoms with E-state index in [1.807, 2.05) is 24.3 Å². The van der Waals surface area contributed by atoms with Gasteiger partial charge in [-0.15, -0.1) is 0 Å². The summed E-state index contributed by atoms with van der Waals surface area (Å²) in [4.78, 5) is 28.2. The summed E-state index contributed by atoms with van der Waals surface area (Å²) in [7, 11) is -3.56. The largest absolute Gasteiger partial charge is 0.314 e. The van der Waals surface area contributed by atoms with Crippen molar-refractivity contribution < 1.29 is 13.2 Å². The van der Waals surface area contributed by atoms with Gasteiger partial charge in [-0.1, -0.05) is 49.2 Å². The van der Waals surface area contributed by atoms with E-state index in [0.29, 0.717) is 37.2 Å². The molecule has 1 aliphatic heterocycles. The second-order valence-electron chi connectivity index (χ2n) is 10.4. The minimum absolute atomic E-state index is 0.129. The lowest BCUT2D eigenvalue weighted by Gasteiger charge is -2.27. The van der Waals surface area contributed by atoms with Crippen LogP contribution < -0.4 is 10.6 Å². The van der Waals surface area contributed by atoms with Crippen LogP contribution in [0, 0.1) is 5.92 Å². The van der Waals surface area contributed by atoms with Crippen molar-refractivity contribution in [2.24, 2.45) is 5.92 Å². The van der Waals surface area contributed by atoms with E-state index in [2.05, 4.69) is 20.6 Å². The molecule has 0 spiro atoms. The van der Waals surface area contributed by atoms with Crippen molar-refractivity contribution in [1.82, 2.24) is 24.6 Å². The number of nitrogens with zero attached hydrogens (tertiary/aromatic N) is 4. The maximum Gasteiger partial charge on any atom is 0.243 e. The van der Waals surface area contributed by atoms with Crippen molar-refractivity contribution in [2.75, 3.05) is 31.5 Å². The predicted octanol–water partition coefficient (Wildman–Crippen LogP) is 4.65. The Morgan fingerprint density at radius 2 is 1.82 bits per heavy atom. The van der Waals surface area contributed by atoms with E-state index >= 15 is 0 Å². The number of anilines is 1. The Morgan fingerprint density at radius 1 is 1.05 bits per heavy atom. The Balaban J connectivity index is 1.23. The Bertz CT molecular complexity index is 1580. The summed E-state index contributed by atoms with van der Waals surface area (Å²) in [6.07, 6.45) is 8.81. The van der Waals surface area contributed by atoms with Crippen molar-refractivity contribution in [1.29, 1.82) is 0 Å². The van der Waals surface area contributed by atoms with Gasteiger partial charge in [0.1, 0.15) is 10.3 Å². The zero-order valence-corrected chi connectivity index (χ0v) is 23.8. The molecule has 11 heteroatoms. The zero-order chi connectivity index (χ0) is 27.5. The molecule has 1 atom stereocenters. The number of carbonyl (C=O) groups is 1. The molecule has 1 saturated heterocycles. The first-order valence-electron chi connectivity index (χ1n) is 13.8. The number of pyridine rings is 2. The van der Waals surface area contributed by atoms with Gasteiger partial charge in [0.25, 0.3) is 0 Å². The Morgan fingerprint density at radius 3 is 2.55 bits per heavy atom. The highest BCUT2D eigenvalue weighted by atomic mass is 32.2. The number of sulfonamides is 1. The van der Waals surface area contributed by atoms with Crippen LogP contribution in [0.4, 0.5) is 5.13 Å². The van der Waals surface area contributed by atoms with E-state index in [-0.39, 0.29) is 10.8 Å². The van der Waals surface area contributed by atoms with Crippen LogP contribution in [0.5, 0.6) is 0 Å². The molecule has 9 nitrogen and oxygen atoms in total. The van der Waals surface area contributed by atoms with Crippen molar-refractivity contribution in [3.05, 3.63) is 66.5 Å². The number of piperazine rings is 1. The molecule has 1 saturated carbocycles. The predicted molar refractivity (Wildman–Crippen MR) is 157 cm³/mol. The van der Waals surface area contributed by atoms with E-state index in [0.717, 1.165) is 46.4 Å². The molecule has 4 heterocycles. The Labute approximate surface area is 238 Å². The van der Waals surface area contributed by atoms with Crippen LogP contribution in [-0.4, -0.2) is 59.8 Å². The fourth-order valence-corrected chi connectivity index (χ4v) is 7.90. The molecule has 6 rings (SSSR count). The average molecular weight is 577 g/mol. The molecule has 2 fully saturated rings. The zero-order valence-electron chi connectivity index (χ0n) is 22.1. The van der Waals surface area contributed by atoms with Crippen molar-refractivity contribution >= 4 is 42.7 Å². The first kappa shape index (κ1) is 26.9. The van der Waals surface area contributed by atoms with Crippen LogP contribution in [0.2, 0.25) is 0 Å². The third-order valence-electron chi connectivity index (χ3n) is 7.80. The van der Waals surface area contributed by atoms with Crippen LogP contribution in [-0.2, 0) is 14.8 Å². The lowest BCUT2D eigenvalue weighted by Crippen LogP contribution is -2.46. The summed E-state index contributed by atoms with van der Waals surface area (Å²) in [5.41, 5.74) is 3.27. The molecule has 0 unspecified atom stereocenters. The maximum atomic E-state index is 13.7. The van der Waals surface area contributed by atoms with Crippen LogP contribution >= 0.6 is 11.3 Å². The summed E-state index contributed by atoms with van der Waals surface area (Å²) in [5, 5.41) is 6.73. The number of carbonyl (C=O) groups excluding carboxylic acids is 1. The summed E-state index contributed by atoms with van der Waals surface area (Å²) in [6, 6.07) is 14.5. The van der Waals surface area contributed by atoms with Crippen LogP contribution in [0.1, 0.15) is 43.6 Å². The SMILES string of the molecule is O=C(Nc1nc2ccc(-c3cccnc3)nc2s1)[C@H](CC1CCCC1)c1ccc(S(=O)(=O)N2CCNCC2)cc1. The topological polar surface area (TPSA) is 117 Å². The first-order valence-corrected chi connectivity index (χ1v) is 16.0. The summed E-state index contributed by atoms with van der Waals surface area (Å²) >= 11 is 1.35. The molecule has 2 aliphatic rings. The van der Waals surface area contributed by atoms with Gasteiger partial charge in [-0.2, -0.15) is 4.31 Å². The van der Waals surface area contributed by atoms with Gasteiger partial charge in [0.15, 0.2) is 5.13 Å². The van der Waals surface area contributed by atoms with E-state index in [4.69, 9.17) is 4.98 Å². The molecular formula is C29H32N6O3S2. The van der Waals surface area contributed by atoms with Gasteiger partial charge >= 0.3 is 0 Å². The van der Waals surface area contributed by atoms with Crippen LogP contribution in [0.3, 0.4) is 0 Å². The highest BCUT2D eigenvalue weighted by Crippen LogP contribution is 2.36. The Kier molecular flexibility index (Phi) is 7.88. The van der Waals surface area contributed by atoms with E-state index in [9.17, 15) is 13.2 Å². The monoisotopic (exact) mass is 576 g/mol. The van der Waals surface area contributed by atoms with Gasteiger partial charge in [0.05, 0.1) is 16.5 Å². The first-order chi connectivity index (χ1) is 19.5. The number of fused-ring (bicyclic) bond motifs is 1. The molecule has 0 bridgehead atoms. The highest BCUT2D eigenvalue weighted by Gasteiger charge is 2.29. The molecule has 1 aliphatic carbocycles. The number of benzene rings is 1. The minimum atomic E-state index is -3.56. The van der Waals surface area contributed by atoms with Gasteiger partial charge in [0.2, 0.25) is 15.9 Å². The molecule has 3 aromatic heterocycles. The molecule has 1 amide bonds. The average Bonchev–Trinajstić information content (AvgIpc) is 3.66. The third kappa shape index (κ3) is 5.78. The van der Waals surface area contributed by atoms with Crippen molar-refractivity contribution in [3.63, 3.8) is 0 Å². The Hall–Kier alpha value is -3.25. The fourth-order valence-electron chi connectivity index (χ4n) is 5.62. The van der Waals surface area contributed by atoms with Gasteiger partial charge in [-0.3, -0.25) is 9.78 Å². The molecule has 40 heavy (non-hydrogen) atoms. The standard InChI is InChI=1S/C29H32N6O3S2/c36-27(34-29-33-26-12-11-25(32-28(26)39-29)22-6-3-13-31-19-22)24(18-20-4-1-2-5-20)21-7-9-23(10-8-21)40(37,38)35-16-14-30-15-17-35/h3,6-13,19-20,24,30H,1-2,4-5,14-18H2,(H,33,34,36)/t24-/m1/s1. The number of hydrogen-bond donors (Lipinski definition) is 2. The van der Waals surface area contributed by atoms with Gasteiger partial charge in [-0.25, -0.2) is 18.4 Å².